The largest absolute Gasteiger partial charge is 0.395 e. The molecule has 0 radical (unpaired) electrons. The standard InChI is InChI=1S/C14H26N4O/c1-5-7-8-9-18(10(3)4)14(19)13-12(15)11(6-2)16-17-13/h10H,5-9,15H2,1-4H3,(H,16,17). The molecule has 0 aliphatic carbocycles. The smallest absolute Gasteiger partial charge is 0.276 e. The summed E-state index contributed by atoms with van der Waals surface area (Å²) < 4.78 is 0. The van der Waals surface area contributed by atoms with E-state index >= 15 is 0 Å². The van der Waals surface area contributed by atoms with E-state index in [1.54, 1.807) is 0 Å². The molecule has 1 amide bonds. The number of nitrogen functional groups attached to an aromatic ring is 1. The number of anilines is 1. The first kappa shape index (κ1) is 15.5. The first-order valence-electron chi connectivity index (χ1n) is 7.16. The molecule has 0 saturated heterocycles. The SMILES string of the molecule is CCCCCN(C(=O)c1n[nH]c(CC)c1N)C(C)C. The van der Waals surface area contributed by atoms with Gasteiger partial charge in [0, 0.05) is 12.6 Å². The van der Waals surface area contributed by atoms with Crippen molar-refractivity contribution in [3.05, 3.63) is 11.4 Å². The number of unbranched alkanes of at least 4 members (excludes halogenated alkanes) is 2. The molecule has 0 aliphatic rings. The van der Waals surface area contributed by atoms with Crippen LogP contribution in [-0.4, -0.2) is 33.6 Å². The maximum Gasteiger partial charge on any atom is 0.276 e. The van der Waals surface area contributed by atoms with Gasteiger partial charge in [-0.2, -0.15) is 5.10 Å². The normalized spacial score (nSPS) is 11.0. The van der Waals surface area contributed by atoms with Crippen LogP contribution in [0.2, 0.25) is 0 Å². The first-order valence-corrected chi connectivity index (χ1v) is 7.16. The predicted octanol–water partition coefficient (Wildman–Crippen LogP) is 2.60. The van der Waals surface area contributed by atoms with E-state index in [0.717, 1.165) is 37.9 Å². The summed E-state index contributed by atoms with van der Waals surface area (Å²) in [6.07, 6.45) is 4.05. The predicted molar refractivity (Wildman–Crippen MR) is 78.1 cm³/mol. The van der Waals surface area contributed by atoms with Crippen LogP contribution in [0.25, 0.3) is 0 Å². The number of hydrogen-bond donors (Lipinski definition) is 2. The van der Waals surface area contributed by atoms with Crippen molar-refractivity contribution in [2.75, 3.05) is 12.3 Å². The van der Waals surface area contributed by atoms with Gasteiger partial charge in [-0.25, -0.2) is 0 Å². The van der Waals surface area contributed by atoms with Gasteiger partial charge in [0.05, 0.1) is 11.4 Å². The Hall–Kier alpha value is -1.52. The Morgan fingerprint density at radius 2 is 2.05 bits per heavy atom. The van der Waals surface area contributed by atoms with Gasteiger partial charge in [-0.3, -0.25) is 9.89 Å². The summed E-state index contributed by atoms with van der Waals surface area (Å²) in [6, 6.07) is 0.158. The Labute approximate surface area is 115 Å². The molecule has 1 rings (SSSR count). The molecule has 0 bridgehead atoms. The number of aryl methyl sites for hydroxylation is 1. The minimum atomic E-state index is -0.0699. The Kier molecular flexibility index (Phi) is 5.86. The number of rotatable bonds is 7. The van der Waals surface area contributed by atoms with Gasteiger partial charge in [-0.15, -0.1) is 0 Å². The first-order chi connectivity index (χ1) is 9.02. The van der Waals surface area contributed by atoms with Crippen molar-refractivity contribution >= 4 is 11.6 Å². The van der Waals surface area contributed by atoms with Crippen LogP contribution in [0.3, 0.4) is 0 Å². The maximum atomic E-state index is 12.5. The van der Waals surface area contributed by atoms with Crippen molar-refractivity contribution in [1.82, 2.24) is 15.1 Å². The molecule has 0 saturated carbocycles. The van der Waals surface area contributed by atoms with Crippen molar-refractivity contribution in [2.45, 2.75) is 59.4 Å². The van der Waals surface area contributed by atoms with Crippen molar-refractivity contribution in [2.24, 2.45) is 0 Å². The quantitative estimate of drug-likeness (QED) is 0.745. The molecular weight excluding hydrogens is 240 g/mol. The number of aromatic nitrogens is 2. The molecule has 0 spiro atoms. The number of nitrogens with zero attached hydrogens (tertiary/aromatic N) is 2. The van der Waals surface area contributed by atoms with Gasteiger partial charge < -0.3 is 10.6 Å². The molecule has 1 aromatic rings. The van der Waals surface area contributed by atoms with Crippen molar-refractivity contribution in [3.63, 3.8) is 0 Å². The van der Waals surface area contributed by atoms with Crippen LogP contribution in [0.4, 0.5) is 5.69 Å². The van der Waals surface area contributed by atoms with Gasteiger partial charge >= 0.3 is 0 Å². The Bertz CT molecular complexity index is 412. The fraction of sp³-hybridized carbons (Fsp3) is 0.714. The van der Waals surface area contributed by atoms with E-state index in [4.69, 9.17) is 5.73 Å². The second kappa shape index (κ2) is 7.16. The minimum Gasteiger partial charge on any atom is -0.395 e. The van der Waals surface area contributed by atoms with Crippen LogP contribution < -0.4 is 5.73 Å². The van der Waals surface area contributed by atoms with Gasteiger partial charge in [-0.1, -0.05) is 26.7 Å². The highest BCUT2D eigenvalue weighted by Crippen LogP contribution is 2.18. The van der Waals surface area contributed by atoms with Crippen LogP contribution in [0.1, 0.15) is 63.1 Å². The third-order valence-corrected chi connectivity index (χ3v) is 3.33. The number of carbonyl (C=O) groups is 1. The molecule has 1 heterocycles. The third kappa shape index (κ3) is 3.72. The van der Waals surface area contributed by atoms with E-state index in [1.807, 2.05) is 25.7 Å². The fourth-order valence-corrected chi connectivity index (χ4v) is 2.08. The van der Waals surface area contributed by atoms with E-state index in [2.05, 4.69) is 17.1 Å². The minimum absolute atomic E-state index is 0.0699. The Morgan fingerprint density at radius 1 is 1.37 bits per heavy atom. The topological polar surface area (TPSA) is 75.0 Å². The van der Waals surface area contributed by atoms with Crippen molar-refractivity contribution < 1.29 is 4.79 Å². The summed E-state index contributed by atoms with van der Waals surface area (Å²) in [7, 11) is 0. The molecule has 0 fully saturated rings. The Balaban J connectivity index is 2.83. The number of hydrogen-bond acceptors (Lipinski definition) is 3. The second-order valence-corrected chi connectivity index (χ2v) is 5.12. The fourth-order valence-electron chi connectivity index (χ4n) is 2.08. The van der Waals surface area contributed by atoms with Crippen LogP contribution in [0.5, 0.6) is 0 Å². The molecule has 0 atom stereocenters. The molecule has 0 aliphatic heterocycles. The number of H-pyrrole nitrogens is 1. The van der Waals surface area contributed by atoms with Crippen LogP contribution in [0.15, 0.2) is 0 Å². The average molecular weight is 266 g/mol. The lowest BCUT2D eigenvalue weighted by Crippen LogP contribution is -2.38. The number of amides is 1. The third-order valence-electron chi connectivity index (χ3n) is 3.33. The summed E-state index contributed by atoms with van der Waals surface area (Å²) in [5, 5.41) is 6.92. The van der Waals surface area contributed by atoms with Gasteiger partial charge in [0.15, 0.2) is 5.69 Å². The molecule has 5 nitrogen and oxygen atoms in total. The summed E-state index contributed by atoms with van der Waals surface area (Å²) in [6.45, 7) is 8.94. The molecule has 5 heteroatoms. The van der Waals surface area contributed by atoms with Crippen molar-refractivity contribution in [3.8, 4) is 0 Å². The highest BCUT2D eigenvalue weighted by Gasteiger charge is 2.24. The molecule has 1 aromatic heterocycles. The van der Waals surface area contributed by atoms with E-state index in [0.29, 0.717) is 11.4 Å². The summed E-state index contributed by atoms with van der Waals surface area (Å²) in [4.78, 5) is 14.3. The van der Waals surface area contributed by atoms with E-state index < -0.39 is 0 Å². The van der Waals surface area contributed by atoms with Gasteiger partial charge in [0.1, 0.15) is 0 Å². The highest BCUT2D eigenvalue weighted by molar-refractivity contribution is 5.97. The molecular formula is C14H26N4O. The summed E-state index contributed by atoms with van der Waals surface area (Å²) >= 11 is 0. The lowest BCUT2D eigenvalue weighted by molar-refractivity contribution is 0.0697. The van der Waals surface area contributed by atoms with Crippen molar-refractivity contribution in [1.29, 1.82) is 0 Å². The number of carbonyl (C=O) groups excluding carboxylic acids is 1. The maximum absolute atomic E-state index is 12.5. The van der Waals surface area contributed by atoms with E-state index in [1.165, 1.54) is 0 Å². The zero-order valence-electron chi connectivity index (χ0n) is 12.5. The summed E-state index contributed by atoms with van der Waals surface area (Å²) in [5.74, 6) is -0.0699. The molecule has 0 aromatic carbocycles. The monoisotopic (exact) mass is 266 g/mol. The highest BCUT2D eigenvalue weighted by atomic mass is 16.2. The second-order valence-electron chi connectivity index (χ2n) is 5.12. The lowest BCUT2D eigenvalue weighted by atomic mass is 10.2. The van der Waals surface area contributed by atoms with Gasteiger partial charge in [0.2, 0.25) is 0 Å². The van der Waals surface area contributed by atoms with Gasteiger partial charge in [0.25, 0.3) is 5.91 Å². The number of nitrogens with one attached hydrogen (secondary N) is 1. The molecule has 0 unspecified atom stereocenters. The molecule has 19 heavy (non-hydrogen) atoms. The zero-order chi connectivity index (χ0) is 14.4. The van der Waals surface area contributed by atoms with Crippen LogP contribution in [-0.2, 0) is 6.42 Å². The number of nitrogens with two attached hydrogens (primary N) is 1. The molecule has 3 N–H and O–H groups in total. The van der Waals surface area contributed by atoms with Crippen LogP contribution >= 0.6 is 0 Å². The Morgan fingerprint density at radius 3 is 2.53 bits per heavy atom. The summed E-state index contributed by atoms with van der Waals surface area (Å²) in [5.41, 5.74) is 7.66. The van der Waals surface area contributed by atoms with Crippen LogP contribution in [0, 0.1) is 0 Å². The number of aromatic amines is 1. The molecule has 108 valence electrons. The van der Waals surface area contributed by atoms with E-state index in [-0.39, 0.29) is 11.9 Å². The zero-order valence-corrected chi connectivity index (χ0v) is 12.5. The lowest BCUT2D eigenvalue weighted by Gasteiger charge is -2.26. The van der Waals surface area contributed by atoms with Gasteiger partial charge in [-0.05, 0) is 26.7 Å². The average Bonchev–Trinajstić information content (AvgIpc) is 2.74. The van der Waals surface area contributed by atoms with E-state index in [9.17, 15) is 4.79 Å².